The van der Waals surface area contributed by atoms with Crippen LogP contribution in [0.25, 0.3) is 0 Å². The van der Waals surface area contributed by atoms with Crippen LogP contribution < -0.4 is 5.73 Å². The summed E-state index contributed by atoms with van der Waals surface area (Å²) in [5.74, 6) is 1.13. The van der Waals surface area contributed by atoms with Gasteiger partial charge in [-0.25, -0.2) is 4.98 Å². The van der Waals surface area contributed by atoms with Crippen LogP contribution in [0.5, 0.6) is 0 Å². The van der Waals surface area contributed by atoms with Crippen LogP contribution in [0.15, 0.2) is 12.4 Å². The van der Waals surface area contributed by atoms with Gasteiger partial charge in [-0.15, -0.1) is 0 Å². The molecule has 0 aliphatic carbocycles. The van der Waals surface area contributed by atoms with Gasteiger partial charge in [0.2, 0.25) is 0 Å². The summed E-state index contributed by atoms with van der Waals surface area (Å²) in [5, 5.41) is 0. The average molecular weight is 264 g/mol. The number of likely N-dealkylation sites (tertiary alicyclic amines) is 1. The fraction of sp³-hybridized carbons (Fsp3) is 0.800. The molecule has 2 atom stereocenters. The smallest absolute Gasteiger partial charge is 0.108 e. The van der Waals surface area contributed by atoms with Gasteiger partial charge in [0.15, 0.2) is 0 Å². The molecule has 0 aromatic carbocycles. The van der Waals surface area contributed by atoms with Crippen molar-refractivity contribution in [2.24, 2.45) is 12.8 Å². The summed E-state index contributed by atoms with van der Waals surface area (Å²) in [7, 11) is 2.05. The molecule has 1 aliphatic heterocycles. The van der Waals surface area contributed by atoms with E-state index in [0.717, 1.165) is 25.1 Å². The van der Waals surface area contributed by atoms with Crippen LogP contribution in [0.2, 0.25) is 0 Å². The highest BCUT2D eigenvalue weighted by molar-refractivity contribution is 4.99. The van der Waals surface area contributed by atoms with Gasteiger partial charge < -0.3 is 10.3 Å². The lowest BCUT2D eigenvalue weighted by atomic mass is 9.85. The number of hydrogen-bond donors (Lipinski definition) is 1. The van der Waals surface area contributed by atoms with Crippen LogP contribution in [0, 0.1) is 0 Å². The van der Waals surface area contributed by atoms with Crippen molar-refractivity contribution in [1.82, 2.24) is 14.5 Å². The second-order valence-electron chi connectivity index (χ2n) is 6.00. The van der Waals surface area contributed by atoms with Crippen molar-refractivity contribution < 1.29 is 0 Å². The summed E-state index contributed by atoms with van der Waals surface area (Å²) in [6.07, 6.45) is 9.60. The van der Waals surface area contributed by atoms with Crippen molar-refractivity contribution in [2.45, 2.75) is 57.5 Å². The molecule has 4 nitrogen and oxygen atoms in total. The lowest BCUT2D eigenvalue weighted by Gasteiger charge is -2.43. The maximum atomic E-state index is 6.53. The molecule has 1 saturated heterocycles. The third-order valence-electron chi connectivity index (χ3n) is 4.94. The zero-order chi connectivity index (χ0) is 13.9. The molecule has 4 heteroatoms. The van der Waals surface area contributed by atoms with E-state index in [4.69, 9.17) is 5.73 Å². The Bertz CT molecular complexity index is 395. The van der Waals surface area contributed by atoms with Crippen molar-refractivity contribution in [1.29, 1.82) is 0 Å². The monoisotopic (exact) mass is 264 g/mol. The molecule has 0 amide bonds. The molecule has 1 aromatic rings. The molecule has 0 radical (unpaired) electrons. The molecule has 0 spiro atoms. The molecule has 1 fully saturated rings. The van der Waals surface area contributed by atoms with E-state index in [-0.39, 0.29) is 11.6 Å². The van der Waals surface area contributed by atoms with Gasteiger partial charge in [0.1, 0.15) is 5.82 Å². The minimum Gasteiger partial charge on any atom is -0.338 e. The van der Waals surface area contributed by atoms with Gasteiger partial charge in [0.05, 0.1) is 0 Å². The van der Waals surface area contributed by atoms with Crippen LogP contribution in [0.3, 0.4) is 0 Å². The molecule has 2 heterocycles. The third-order valence-corrected chi connectivity index (χ3v) is 4.94. The zero-order valence-electron chi connectivity index (χ0n) is 12.6. The van der Waals surface area contributed by atoms with Crippen molar-refractivity contribution >= 4 is 0 Å². The molecule has 0 saturated carbocycles. The number of nitrogens with zero attached hydrogens (tertiary/aromatic N) is 3. The Morgan fingerprint density at radius 1 is 1.42 bits per heavy atom. The topological polar surface area (TPSA) is 47.1 Å². The standard InChI is InChI=1S/C15H28N4/c1-4-15(2,19-10-5-6-11-19)13(16)7-8-14-17-9-12-18(14)3/h9,12-13H,4-8,10-11,16H2,1-3H3. The number of aromatic nitrogens is 2. The van der Waals surface area contributed by atoms with Crippen molar-refractivity contribution in [3.05, 3.63) is 18.2 Å². The van der Waals surface area contributed by atoms with E-state index in [1.54, 1.807) is 0 Å². The van der Waals surface area contributed by atoms with Crippen LogP contribution in [-0.2, 0) is 13.5 Å². The lowest BCUT2D eigenvalue weighted by Crippen LogP contribution is -2.57. The Morgan fingerprint density at radius 2 is 2.11 bits per heavy atom. The maximum absolute atomic E-state index is 6.53. The van der Waals surface area contributed by atoms with E-state index in [2.05, 4.69) is 28.3 Å². The Balaban J connectivity index is 1.96. The lowest BCUT2D eigenvalue weighted by molar-refractivity contribution is 0.0963. The zero-order valence-corrected chi connectivity index (χ0v) is 12.6. The quantitative estimate of drug-likeness (QED) is 0.854. The summed E-state index contributed by atoms with van der Waals surface area (Å²) >= 11 is 0. The van der Waals surface area contributed by atoms with Gasteiger partial charge in [-0.05, 0) is 45.7 Å². The minimum atomic E-state index is 0.141. The SMILES string of the molecule is CCC(C)(C(N)CCc1nccn1C)N1CCCC1. The van der Waals surface area contributed by atoms with Gasteiger partial charge in [0, 0.05) is 37.4 Å². The Kier molecular flexibility index (Phi) is 4.63. The number of imidazole rings is 1. The van der Waals surface area contributed by atoms with Crippen LogP contribution in [0.4, 0.5) is 0 Å². The van der Waals surface area contributed by atoms with Crippen molar-refractivity contribution in [3.8, 4) is 0 Å². The molecule has 1 aromatic heterocycles. The molecule has 1 aliphatic rings. The predicted octanol–water partition coefficient (Wildman–Crippen LogP) is 1.94. The fourth-order valence-electron chi connectivity index (χ4n) is 3.18. The van der Waals surface area contributed by atoms with Gasteiger partial charge in [-0.3, -0.25) is 4.90 Å². The predicted molar refractivity (Wildman–Crippen MR) is 79.0 cm³/mol. The summed E-state index contributed by atoms with van der Waals surface area (Å²) in [6.45, 7) is 7.02. The van der Waals surface area contributed by atoms with Gasteiger partial charge in [-0.2, -0.15) is 0 Å². The average Bonchev–Trinajstić information content (AvgIpc) is 3.06. The highest BCUT2D eigenvalue weighted by Crippen LogP contribution is 2.28. The number of hydrogen-bond acceptors (Lipinski definition) is 3. The first-order chi connectivity index (χ1) is 9.08. The summed E-state index contributed by atoms with van der Waals surface area (Å²) in [5.41, 5.74) is 6.67. The van der Waals surface area contributed by atoms with Gasteiger partial charge in [-0.1, -0.05) is 6.92 Å². The fourth-order valence-corrected chi connectivity index (χ4v) is 3.18. The largest absolute Gasteiger partial charge is 0.338 e. The summed E-state index contributed by atoms with van der Waals surface area (Å²) in [4.78, 5) is 6.98. The van der Waals surface area contributed by atoms with Gasteiger partial charge >= 0.3 is 0 Å². The van der Waals surface area contributed by atoms with E-state index in [1.807, 2.05) is 19.4 Å². The van der Waals surface area contributed by atoms with E-state index >= 15 is 0 Å². The Hall–Kier alpha value is -0.870. The second-order valence-corrected chi connectivity index (χ2v) is 6.00. The van der Waals surface area contributed by atoms with Gasteiger partial charge in [0.25, 0.3) is 0 Å². The molecule has 2 N–H and O–H groups in total. The molecule has 108 valence electrons. The van der Waals surface area contributed by atoms with Crippen molar-refractivity contribution in [2.75, 3.05) is 13.1 Å². The minimum absolute atomic E-state index is 0.141. The first kappa shape index (κ1) is 14.5. The maximum Gasteiger partial charge on any atom is 0.108 e. The van der Waals surface area contributed by atoms with E-state index in [9.17, 15) is 0 Å². The Morgan fingerprint density at radius 3 is 2.63 bits per heavy atom. The van der Waals surface area contributed by atoms with E-state index < -0.39 is 0 Å². The molecule has 0 bridgehead atoms. The summed E-state index contributed by atoms with van der Waals surface area (Å²) in [6, 6.07) is 0.215. The highest BCUT2D eigenvalue weighted by atomic mass is 15.2. The third kappa shape index (κ3) is 3.00. The molecule has 19 heavy (non-hydrogen) atoms. The highest BCUT2D eigenvalue weighted by Gasteiger charge is 2.37. The normalized spacial score (nSPS) is 21.5. The van der Waals surface area contributed by atoms with Crippen LogP contribution in [0.1, 0.15) is 45.4 Å². The van der Waals surface area contributed by atoms with Crippen LogP contribution >= 0.6 is 0 Å². The molecule has 2 unspecified atom stereocenters. The first-order valence-corrected chi connectivity index (χ1v) is 7.54. The number of rotatable bonds is 6. The summed E-state index contributed by atoms with van der Waals surface area (Å²) < 4.78 is 2.09. The number of aryl methyl sites for hydroxylation is 2. The second kappa shape index (κ2) is 6.06. The molecular weight excluding hydrogens is 236 g/mol. The van der Waals surface area contributed by atoms with Crippen molar-refractivity contribution in [3.63, 3.8) is 0 Å². The first-order valence-electron chi connectivity index (χ1n) is 7.54. The van der Waals surface area contributed by atoms with E-state index in [0.29, 0.717) is 0 Å². The van der Waals surface area contributed by atoms with Crippen LogP contribution in [-0.4, -0.2) is 39.1 Å². The molecule has 2 rings (SSSR count). The number of nitrogens with two attached hydrogens (primary N) is 1. The Labute approximate surface area is 117 Å². The molecular formula is C15H28N4. The van der Waals surface area contributed by atoms with E-state index in [1.165, 1.54) is 25.9 Å².